The van der Waals surface area contributed by atoms with Gasteiger partial charge in [-0.25, -0.2) is 0 Å². The second kappa shape index (κ2) is 4.47. The van der Waals surface area contributed by atoms with Crippen LogP contribution in [0, 0.1) is 5.41 Å². The fourth-order valence-electron chi connectivity index (χ4n) is 2.06. The predicted octanol–water partition coefficient (Wildman–Crippen LogP) is 3.22. The Labute approximate surface area is 91.4 Å². The van der Waals surface area contributed by atoms with E-state index < -0.39 is 0 Å². The Morgan fingerprint density at radius 3 is 2.93 bits per heavy atom. The van der Waals surface area contributed by atoms with E-state index in [-0.39, 0.29) is 0 Å². The zero-order chi connectivity index (χ0) is 10.7. The lowest BCUT2D eigenvalue weighted by atomic mass is 10.1. The molecule has 0 aromatic heterocycles. The summed E-state index contributed by atoms with van der Waals surface area (Å²) in [6, 6.07) is 8.56. The predicted molar refractivity (Wildman–Crippen MR) is 64.7 cm³/mol. The van der Waals surface area contributed by atoms with E-state index in [0.717, 1.165) is 25.2 Å². The van der Waals surface area contributed by atoms with Crippen molar-refractivity contribution >= 4 is 11.5 Å². The van der Waals surface area contributed by atoms with Crippen molar-refractivity contribution in [3.8, 4) is 0 Å². The topological polar surface area (TPSA) is 27.1 Å². The van der Waals surface area contributed by atoms with Crippen molar-refractivity contribution in [2.45, 2.75) is 32.6 Å². The van der Waals surface area contributed by atoms with Crippen LogP contribution in [0.5, 0.6) is 0 Å². The van der Waals surface area contributed by atoms with Crippen LogP contribution in [0.1, 0.15) is 31.7 Å². The monoisotopic (exact) mass is 202 g/mol. The first-order chi connectivity index (χ1) is 7.31. The van der Waals surface area contributed by atoms with E-state index in [0.29, 0.717) is 0 Å². The molecule has 80 valence electrons. The number of aryl methyl sites for hydroxylation is 1. The summed E-state index contributed by atoms with van der Waals surface area (Å²) in [6.45, 7) is 3.17. The van der Waals surface area contributed by atoms with Gasteiger partial charge in [-0.05, 0) is 37.0 Å². The molecule has 1 fully saturated rings. The summed E-state index contributed by atoms with van der Waals surface area (Å²) in [7, 11) is 0. The minimum atomic E-state index is 0.773. The average molecular weight is 202 g/mol. The first kappa shape index (κ1) is 10.2. The van der Waals surface area contributed by atoms with Crippen LogP contribution in [0.15, 0.2) is 24.3 Å². The lowest BCUT2D eigenvalue weighted by molar-refractivity contribution is 0.707. The van der Waals surface area contributed by atoms with E-state index in [9.17, 15) is 0 Å². The molecule has 2 heteroatoms. The minimum Gasteiger partial charge on any atom is -0.330 e. The Morgan fingerprint density at radius 1 is 1.33 bits per heavy atom. The molecule has 1 aromatic rings. The van der Waals surface area contributed by atoms with Crippen LogP contribution >= 0.6 is 0 Å². The number of benzene rings is 1. The third kappa shape index (κ3) is 2.20. The van der Waals surface area contributed by atoms with Gasteiger partial charge in [-0.15, -0.1) is 0 Å². The summed E-state index contributed by atoms with van der Waals surface area (Å²) in [5.41, 5.74) is 2.55. The third-order valence-electron chi connectivity index (χ3n) is 3.00. The summed E-state index contributed by atoms with van der Waals surface area (Å²) in [6.07, 6.45) is 4.37. The van der Waals surface area contributed by atoms with Gasteiger partial charge >= 0.3 is 0 Å². The molecule has 2 nitrogen and oxygen atoms in total. The molecule has 1 aliphatic rings. The molecule has 0 atom stereocenters. The van der Waals surface area contributed by atoms with Gasteiger partial charge in [-0.2, -0.15) is 0 Å². The van der Waals surface area contributed by atoms with Crippen molar-refractivity contribution in [1.29, 1.82) is 5.41 Å². The smallest absolute Gasteiger partial charge is 0.100 e. The molecule has 0 radical (unpaired) electrons. The maximum Gasteiger partial charge on any atom is 0.100 e. The van der Waals surface area contributed by atoms with Gasteiger partial charge in [0.05, 0.1) is 0 Å². The van der Waals surface area contributed by atoms with Crippen molar-refractivity contribution in [3.05, 3.63) is 29.8 Å². The number of nitrogens with one attached hydrogen (secondary N) is 1. The largest absolute Gasteiger partial charge is 0.330 e. The fraction of sp³-hybridized carbons (Fsp3) is 0.462. The zero-order valence-electron chi connectivity index (χ0n) is 9.29. The van der Waals surface area contributed by atoms with Gasteiger partial charge in [0.1, 0.15) is 5.84 Å². The molecule has 0 amide bonds. The van der Waals surface area contributed by atoms with Gasteiger partial charge in [0.25, 0.3) is 0 Å². The molecule has 0 aliphatic carbocycles. The molecule has 0 saturated carbocycles. The Balaban J connectivity index is 2.23. The van der Waals surface area contributed by atoms with E-state index in [4.69, 9.17) is 5.41 Å². The highest BCUT2D eigenvalue weighted by atomic mass is 15.2. The van der Waals surface area contributed by atoms with Crippen LogP contribution in [0.25, 0.3) is 0 Å². The Hall–Kier alpha value is -1.31. The summed E-state index contributed by atoms with van der Waals surface area (Å²) in [4.78, 5) is 2.14. The molecule has 1 aromatic carbocycles. The summed E-state index contributed by atoms with van der Waals surface area (Å²) >= 11 is 0. The standard InChI is InChI=1S/C13H18N2/c1-2-11-6-5-7-12(10-11)15-9-4-3-8-13(15)14/h5-7,10,14H,2-4,8-9H2,1H3. The van der Waals surface area contributed by atoms with Gasteiger partial charge < -0.3 is 4.90 Å². The van der Waals surface area contributed by atoms with Crippen LogP contribution in [0.4, 0.5) is 5.69 Å². The molecular weight excluding hydrogens is 184 g/mol. The molecule has 0 bridgehead atoms. The van der Waals surface area contributed by atoms with E-state index >= 15 is 0 Å². The van der Waals surface area contributed by atoms with E-state index in [2.05, 4.69) is 36.1 Å². The summed E-state index contributed by atoms with van der Waals surface area (Å²) in [5.74, 6) is 0.773. The van der Waals surface area contributed by atoms with Crippen molar-refractivity contribution in [2.75, 3.05) is 11.4 Å². The highest BCUT2D eigenvalue weighted by molar-refractivity contribution is 5.96. The van der Waals surface area contributed by atoms with Crippen LogP contribution in [0.3, 0.4) is 0 Å². The maximum absolute atomic E-state index is 7.94. The Bertz CT molecular complexity index is 357. The summed E-state index contributed by atoms with van der Waals surface area (Å²) in [5, 5.41) is 7.94. The number of rotatable bonds is 2. The first-order valence-electron chi connectivity index (χ1n) is 5.75. The second-order valence-electron chi connectivity index (χ2n) is 4.08. The Kier molecular flexibility index (Phi) is 3.05. The van der Waals surface area contributed by atoms with E-state index in [1.165, 1.54) is 24.1 Å². The van der Waals surface area contributed by atoms with Gasteiger partial charge in [-0.1, -0.05) is 19.1 Å². The maximum atomic E-state index is 7.94. The zero-order valence-corrected chi connectivity index (χ0v) is 9.29. The SMILES string of the molecule is CCc1cccc(N2CCCCC2=N)c1. The van der Waals surface area contributed by atoms with Crippen molar-refractivity contribution in [3.63, 3.8) is 0 Å². The lowest BCUT2D eigenvalue weighted by Crippen LogP contribution is -2.34. The average Bonchev–Trinajstić information content (AvgIpc) is 2.30. The second-order valence-corrected chi connectivity index (χ2v) is 4.08. The molecular formula is C13H18N2. The molecule has 0 unspecified atom stereocenters. The van der Waals surface area contributed by atoms with Gasteiger partial charge in [0.2, 0.25) is 0 Å². The number of hydrogen-bond donors (Lipinski definition) is 1. The number of anilines is 1. The van der Waals surface area contributed by atoms with Crippen molar-refractivity contribution in [1.82, 2.24) is 0 Å². The minimum absolute atomic E-state index is 0.773. The Morgan fingerprint density at radius 2 is 2.20 bits per heavy atom. The summed E-state index contributed by atoms with van der Waals surface area (Å²) < 4.78 is 0. The van der Waals surface area contributed by atoms with Crippen molar-refractivity contribution < 1.29 is 0 Å². The number of amidine groups is 1. The molecule has 1 aliphatic heterocycles. The lowest BCUT2D eigenvalue weighted by Gasteiger charge is -2.29. The number of hydrogen-bond acceptors (Lipinski definition) is 1. The quantitative estimate of drug-likeness (QED) is 0.783. The van der Waals surface area contributed by atoms with Crippen molar-refractivity contribution in [2.24, 2.45) is 0 Å². The molecule has 1 N–H and O–H groups in total. The van der Waals surface area contributed by atoms with Crippen LogP contribution in [-0.2, 0) is 6.42 Å². The fourth-order valence-corrected chi connectivity index (χ4v) is 2.06. The molecule has 2 rings (SSSR count). The first-order valence-corrected chi connectivity index (χ1v) is 5.75. The van der Waals surface area contributed by atoms with Crippen LogP contribution < -0.4 is 4.90 Å². The number of piperidine rings is 1. The molecule has 1 saturated heterocycles. The molecule has 15 heavy (non-hydrogen) atoms. The third-order valence-corrected chi connectivity index (χ3v) is 3.00. The number of nitrogens with zero attached hydrogens (tertiary/aromatic N) is 1. The van der Waals surface area contributed by atoms with Gasteiger partial charge in [0, 0.05) is 18.7 Å². The van der Waals surface area contributed by atoms with Crippen LogP contribution in [0.2, 0.25) is 0 Å². The van der Waals surface area contributed by atoms with Crippen LogP contribution in [-0.4, -0.2) is 12.4 Å². The van der Waals surface area contributed by atoms with Gasteiger partial charge in [0.15, 0.2) is 0 Å². The molecule has 1 heterocycles. The normalized spacial score (nSPS) is 16.9. The molecule has 0 spiro atoms. The van der Waals surface area contributed by atoms with Gasteiger partial charge in [-0.3, -0.25) is 5.41 Å². The highest BCUT2D eigenvalue weighted by Gasteiger charge is 2.16. The van der Waals surface area contributed by atoms with E-state index in [1.807, 2.05) is 0 Å². The highest BCUT2D eigenvalue weighted by Crippen LogP contribution is 2.22. The van der Waals surface area contributed by atoms with E-state index in [1.54, 1.807) is 0 Å².